The maximum absolute atomic E-state index is 13.1. The van der Waals surface area contributed by atoms with Crippen molar-refractivity contribution in [3.8, 4) is 0 Å². The van der Waals surface area contributed by atoms with E-state index in [1.807, 2.05) is 0 Å². The monoisotopic (exact) mass is 391 g/mol. The molecule has 3 N–H and O–H groups in total. The molecule has 2 saturated heterocycles. The largest absolute Gasteiger partial charge is 0.354 e. The molecule has 4 amide bonds. The maximum Gasteiger partial charge on any atom is 0.325 e. The molecule has 0 aromatic heterocycles. The fourth-order valence-electron chi connectivity index (χ4n) is 3.48. The van der Waals surface area contributed by atoms with E-state index < -0.39 is 23.3 Å². The van der Waals surface area contributed by atoms with Crippen molar-refractivity contribution < 1.29 is 18.8 Å². The van der Waals surface area contributed by atoms with Gasteiger partial charge in [-0.1, -0.05) is 12.1 Å². The molecule has 0 bridgehead atoms. The highest BCUT2D eigenvalue weighted by Gasteiger charge is 2.49. The third-order valence-corrected chi connectivity index (χ3v) is 5.18. The molecule has 8 nitrogen and oxygen atoms in total. The summed E-state index contributed by atoms with van der Waals surface area (Å²) in [4.78, 5) is 40.4. The zero-order chi connectivity index (χ0) is 20.1. The number of rotatable bonds is 7. The fraction of sp³-hybridized carbons (Fsp3) is 0.526. The first-order valence-corrected chi connectivity index (χ1v) is 9.50. The molecule has 1 aromatic carbocycles. The zero-order valence-corrected chi connectivity index (χ0v) is 16.0. The Bertz CT molecular complexity index is 736. The normalized spacial score (nSPS) is 23.0. The molecule has 1 aromatic rings. The van der Waals surface area contributed by atoms with Gasteiger partial charge in [0.2, 0.25) is 5.91 Å². The van der Waals surface area contributed by atoms with Crippen LogP contribution in [0.3, 0.4) is 0 Å². The van der Waals surface area contributed by atoms with Crippen LogP contribution in [0.5, 0.6) is 0 Å². The third kappa shape index (κ3) is 4.48. The minimum atomic E-state index is -1.31. The van der Waals surface area contributed by atoms with Crippen LogP contribution in [0.1, 0.15) is 18.9 Å². The summed E-state index contributed by atoms with van der Waals surface area (Å²) < 4.78 is 13.1. The van der Waals surface area contributed by atoms with E-state index in [1.165, 1.54) is 24.3 Å². The molecule has 9 heteroatoms. The molecule has 152 valence electrons. The van der Waals surface area contributed by atoms with Gasteiger partial charge >= 0.3 is 6.03 Å². The Hall–Kier alpha value is -2.52. The lowest BCUT2D eigenvalue weighted by Gasteiger charge is -2.27. The molecule has 0 spiro atoms. The van der Waals surface area contributed by atoms with Gasteiger partial charge in [-0.15, -0.1) is 0 Å². The summed E-state index contributed by atoms with van der Waals surface area (Å²) in [6.45, 7) is 6.55. The van der Waals surface area contributed by atoms with E-state index in [2.05, 4.69) is 20.9 Å². The van der Waals surface area contributed by atoms with Gasteiger partial charge in [0.25, 0.3) is 5.91 Å². The van der Waals surface area contributed by atoms with E-state index in [-0.39, 0.29) is 12.5 Å². The van der Waals surface area contributed by atoms with Crippen LogP contribution in [0.15, 0.2) is 24.3 Å². The van der Waals surface area contributed by atoms with E-state index in [4.69, 9.17) is 0 Å². The van der Waals surface area contributed by atoms with Crippen LogP contribution in [-0.2, 0) is 15.1 Å². The molecule has 2 aliphatic rings. The van der Waals surface area contributed by atoms with Crippen LogP contribution in [0, 0.1) is 5.82 Å². The molecule has 2 fully saturated rings. The molecule has 1 atom stereocenters. The Morgan fingerprint density at radius 3 is 2.57 bits per heavy atom. The number of hydrogen-bond acceptors (Lipinski definition) is 5. The second-order valence-corrected chi connectivity index (χ2v) is 7.25. The first-order valence-electron chi connectivity index (χ1n) is 9.50. The number of urea groups is 1. The lowest BCUT2D eigenvalue weighted by molar-refractivity contribution is -0.134. The van der Waals surface area contributed by atoms with Gasteiger partial charge in [0, 0.05) is 32.7 Å². The molecule has 0 saturated carbocycles. The number of nitrogens with one attached hydrogen (secondary N) is 3. The Kier molecular flexibility index (Phi) is 6.25. The summed E-state index contributed by atoms with van der Waals surface area (Å²) in [5, 5.41) is 8.65. The molecule has 3 rings (SSSR count). The smallest absolute Gasteiger partial charge is 0.325 e. The Balaban J connectivity index is 1.49. The van der Waals surface area contributed by atoms with Crippen molar-refractivity contribution in [3.63, 3.8) is 0 Å². The maximum atomic E-state index is 13.1. The van der Waals surface area contributed by atoms with E-state index in [0.717, 1.165) is 44.0 Å². The number of halogens is 1. The molecule has 0 radical (unpaired) electrons. The average Bonchev–Trinajstić information content (AvgIpc) is 2.90. The van der Waals surface area contributed by atoms with Crippen LogP contribution in [0.4, 0.5) is 9.18 Å². The number of amides is 4. The highest BCUT2D eigenvalue weighted by Crippen LogP contribution is 2.28. The van der Waals surface area contributed by atoms with Gasteiger partial charge in [0.1, 0.15) is 17.9 Å². The number of carbonyl (C=O) groups excluding carboxylic acids is 3. The Morgan fingerprint density at radius 1 is 1.21 bits per heavy atom. The van der Waals surface area contributed by atoms with E-state index in [1.54, 1.807) is 6.92 Å². The predicted octanol–water partition coefficient (Wildman–Crippen LogP) is 0.00420. The third-order valence-electron chi connectivity index (χ3n) is 5.18. The molecular weight excluding hydrogens is 365 g/mol. The molecule has 28 heavy (non-hydrogen) atoms. The molecule has 0 aliphatic carbocycles. The van der Waals surface area contributed by atoms with Crippen molar-refractivity contribution in [1.82, 2.24) is 25.8 Å². The van der Waals surface area contributed by atoms with Gasteiger partial charge < -0.3 is 20.9 Å². The highest BCUT2D eigenvalue weighted by molar-refractivity contribution is 6.09. The van der Waals surface area contributed by atoms with Crippen LogP contribution in [0.2, 0.25) is 0 Å². The van der Waals surface area contributed by atoms with Gasteiger partial charge in [-0.25, -0.2) is 9.18 Å². The minimum absolute atomic E-state index is 0.338. The molecular formula is C19H26FN5O3. The molecule has 2 aliphatic heterocycles. The van der Waals surface area contributed by atoms with Crippen molar-refractivity contribution in [2.24, 2.45) is 0 Å². The Morgan fingerprint density at radius 2 is 1.89 bits per heavy atom. The minimum Gasteiger partial charge on any atom is -0.354 e. The lowest BCUT2D eigenvalue weighted by Crippen LogP contribution is -2.45. The topological polar surface area (TPSA) is 93.8 Å². The molecule has 2 heterocycles. The van der Waals surface area contributed by atoms with Crippen molar-refractivity contribution in [1.29, 1.82) is 0 Å². The predicted molar refractivity (Wildman–Crippen MR) is 101 cm³/mol. The number of carbonyl (C=O) groups is 3. The van der Waals surface area contributed by atoms with Crippen LogP contribution in [0.25, 0.3) is 0 Å². The highest BCUT2D eigenvalue weighted by atomic mass is 19.1. The Labute approximate surface area is 163 Å². The summed E-state index contributed by atoms with van der Waals surface area (Å²) in [6, 6.07) is 4.73. The number of benzene rings is 1. The average molecular weight is 391 g/mol. The zero-order valence-electron chi connectivity index (χ0n) is 16.0. The second kappa shape index (κ2) is 8.66. The van der Waals surface area contributed by atoms with Crippen LogP contribution in [-0.4, -0.2) is 73.5 Å². The van der Waals surface area contributed by atoms with Crippen molar-refractivity contribution in [3.05, 3.63) is 35.6 Å². The van der Waals surface area contributed by atoms with Gasteiger partial charge in [-0.2, -0.15) is 0 Å². The SMILES string of the molecule is CC1(c2ccc(F)cc2)NC(=O)N(CC(=O)NCCCN2CCNCC2)C1=O. The quantitative estimate of drug-likeness (QED) is 0.450. The lowest BCUT2D eigenvalue weighted by atomic mass is 9.92. The number of hydrogen-bond donors (Lipinski definition) is 3. The number of piperazine rings is 1. The van der Waals surface area contributed by atoms with Gasteiger partial charge in [-0.05, 0) is 37.6 Å². The standard InChI is InChI=1S/C19H26FN5O3/c1-19(14-3-5-15(20)6-4-14)17(27)25(18(28)23-19)13-16(26)22-7-2-10-24-11-8-21-9-12-24/h3-6,21H,2,7-13H2,1H3,(H,22,26)(H,23,28). The summed E-state index contributed by atoms with van der Waals surface area (Å²) in [7, 11) is 0. The first-order chi connectivity index (χ1) is 13.4. The number of imide groups is 1. The second-order valence-electron chi connectivity index (χ2n) is 7.25. The van der Waals surface area contributed by atoms with E-state index in [9.17, 15) is 18.8 Å². The van der Waals surface area contributed by atoms with Gasteiger partial charge in [-0.3, -0.25) is 14.5 Å². The van der Waals surface area contributed by atoms with Crippen molar-refractivity contribution >= 4 is 17.8 Å². The fourth-order valence-corrected chi connectivity index (χ4v) is 3.48. The summed E-state index contributed by atoms with van der Waals surface area (Å²) in [5.74, 6) is -1.34. The van der Waals surface area contributed by atoms with E-state index >= 15 is 0 Å². The van der Waals surface area contributed by atoms with Gasteiger partial charge in [0.15, 0.2) is 0 Å². The van der Waals surface area contributed by atoms with Gasteiger partial charge in [0.05, 0.1) is 0 Å². The first kappa shape index (κ1) is 20.2. The molecule has 1 unspecified atom stereocenters. The van der Waals surface area contributed by atoms with Crippen LogP contribution >= 0.6 is 0 Å². The van der Waals surface area contributed by atoms with Crippen molar-refractivity contribution in [2.45, 2.75) is 18.9 Å². The summed E-state index contributed by atoms with van der Waals surface area (Å²) in [6.07, 6.45) is 0.805. The van der Waals surface area contributed by atoms with Crippen molar-refractivity contribution in [2.75, 3.05) is 45.8 Å². The summed E-state index contributed by atoms with van der Waals surface area (Å²) >= 11 is 0. The van der Waals surface area contributed by atoms with E-state index in [0.29, 0.717) is 12.1 Å². The summed E-state index contributed by atoms with van der Waals surface area (Å²) in [5.41, 5.74) is -0.848. The number of nitrogens with zero attached hydrogens (tertiary/aromatic N) is 2. The van der Waals surface area contributed by atoms with Crippen LogP contribution < -0.4 is 16.0 Å².